The van der Waals surface area contributed by atoms with Crippen molar-refractivity contribution in [2.45, 2.75) is 69.6 Å². The van der Waals surface area contributed by atoms with Crippen LogP contribution in [0.4, 0.5) is 22.7 Å². The number of benzene rings is 4. The van der Waals surface area contributed by atoms with Crippen molar-refractivity contribution in [2.24, 2.45) is 4.99 Å². The lowest BCUT2D eigenvalue weighted by Crippen LogP contribution is -2.39. The summed E-state index contributed by atoms with van der Waals surface area (Å²) in [6.45, 7) is 5.40. The Hall–Kier alpha value is -6.21. The molecule has 1 aromatic heterocycles. The molecule has 5 aromatic rings. The van der Waals surface area contributed by atoms with Gasteiger partial charge in [0, 0.05) is 59.6 Å². The summed E-state index contributed by atoms with van der Waals surface area (Å²) < 4.78 is 30.4. The highest BCUT2D eigenvalue weighted by atomic mass is 32.1. The number of hydrogen-bond acceptors (Lipinski definition) is 11. The molecule has 4 aromatic carbocycles. The molecule has 0 saturated carbocycles. The van der Waals surface area contributed by atoms with Crippen LogP contribution in [0, 0.1) is 0 Å². The molecule has 0 unspecified atom stereocenters. The van der Waals surface area contributed by atoms with Crippen LogP contribution < -0.4 is 38.8 Å². The molecule has 4 aliphatic rings. The molecule has 0 spiro atoms. The van der Waals surface area contributed by atoms with E-state index in [1.165, 1.54) is 0 Å². The number of methoxy groups -OCH3 is 2. The number of aliphatic imine (C=N–C) groups is 1. The van der Waals surface area contributed by atoms with Crippen molar-refractivity contribution in [2.75, 3.05) is 42.5 Å². The minimum atomic E-state index is -0.176. The van der Waals surface area contributed by atoms with Gasteiger partial charge in [0.1, 0.15) is 19.0 Å². The lowest BCUT2D eigenvalue weighted by Gasteiger charge is -2.22. The lowest BCUT2D eigenvalue weighted by molar-refractivity contribution is 0.0976. The highest BCUT2D eigenvalue weighted by molar-refractivity contribution is 7.81. The number of fused-ring (bicyclic) bond motifs is 8. The second kappa shape index (κ2) is 16.1. The Morgan fingerprint density at radius 2 is 1.37 bits per heavy atom. The van der Waals surface area contributed by atoms with Gasteiger partial charge in [-0.3, -0.25) is 24.5 Å². The van der Waals surface area contributed by atoms with Crippen molar-refractivity contribution in [1.29, 1.82) is 0 Å². The van der Waals surface area contributed by atoms with Gasteiger partial charge in [-0.2, -0.15) is 12.6 Å². The van der Waals surface area contributed by atoms with Crippen LogP contribution >= 0.6 is 12.6 Å². The van der Waals surface area contributed by atoms with Crippen LogP contribution in [0.25, 0.3) is 0 Å². The summed E-state index contributed by atoms with van der Waals surface area (Å²) >= 11 is 4.67. The Morgan fingerprint density at radius 1 is 0.750 bits per heavy atom. The van der Waals surface area contributed by atoms with E-state index in [-0.39, 0.29) is 41.9 Å². The van der Waals surface area contributed by atoms with E-state index < -0.39 is 0 Å². The fraction of sp³-hybridized carbons (Fsp3) is 0.319. The highest BCUT2D eigenvalue weighted by Crippen LogP contribution is 2.43. The first-order valence-corrected chi connectivity index (χ1v) is 20.7. The van der Waals surface area contributed by atoms with Gasteiger partial charge in [0.25, 0.3) is 11.8 Å². The smallest absolute Gasteiger partial charge is 0.261 e. The van der Waals surface area contributed by atoms with Gasteiger partial charge in [0.2, 0.25) is 0 Å². The van der Waals surface area contributed by atoms with E-state index in [4.69, 9.17) is 33.7 Å². The molecule has 12 nitrogen and oxygen atoms in total. The molecule has 0 fully saturated rings. The Morgan fingerprint density at radius 3 is 2.05 bits per heavy atom. The van der Waals surface area contributed by atoms with E-state index in [2.05, 4.69) is 37.9 Å². The summed E-state index contributed by atoms with van der Waals surface area (Å²) in [4.78, 5) is 41.3. The molecule has 1 N–H and O–H groups in total. The van der Waals surface area contributed by atoms with E-state index in [0.29, 0.717) is 82.2 Å². The van der Waals surface area contributed by atoms with Gasteiger partial charge in [-0.05, 0) is 54.7 Å². The van der Waals surface area contributed by atoms with Crippen LogP contribution in [0.1, 0.15) is 69.9 Å². The van der Waals surface area contributed by atoms with E-state index >= 15 is 0 Å². The number of thiol groups is 1. The normalized spacial score (nSPS) is 17.3. The second-order valence-electron chi connectivity index (χ2n) is 16.1. The van der Waals surface area contributed by atoms with Crippen LogP contribution in [0.15, 0.2) is 89.9 Å². The van der Waals surface area contributed by atoms with Gasteiger partial charge < -0.3 is 33.9 Å². The van der Waals surface area contributed by atoms with Crippen LogP contribution in [-0.2, 0) is 26.1 Å². The van der Waals surface area contributed by atoms with Gasteiger partial charge >= 0.3 is 0 Å². The Labute approximate surface area is 354 Å². The van der Waals surface area contributed by atoms with Crippen molar-refractivity contribution in [1.82, 2.24) is 4.98 Å². The predicted octanol–water partition coefficient (Wildman–Crippen LogP) is 8.41. The number of nitrogens with one attached hydrogen (secondary N) is 1. The van der Waals surface area contributed by atoms with Gasteiger partial charge in [-0.1, -0.05) is 50.2 Å². The Bertz CT molecular complexity index is 2520. The maximum absolute atomic E-state index is 14.0. The molecular weight excluding hydrogens is 779 g/mol. The third-order valence-electron chi connectivity index (χ3n) is 11.3. The number of amides is 2. The average molecular weight is 826 g/mol. The van der Waals surface area contributed by atoms with E-state index in [0.717, 1.165) is 41.8 Å². The zero-order chi connectivity index (χ0) is 41.5. The number of nitrogens with zero attached hydrogens (tertiary/aromatic N) is 4. The summed E-state index contributed by atoms with van der Waals surface area (Å²) in [6, 6.07) is 26.5. The number of aromatic nitrogens is 1. The minimum absolute atomic E-state index is 0.000866. The first kappa shape index (κ1) is 39.3. The third-order valence-corrected chi connectivity index (χ3v) is 11.6. The molecule has 308 valence electrons. The average Bonchev–Trinajstić information content (AvgIpc) is 3.74. The zero-order valence-corrected chi connectivity index (χ0v) is 35.0. The van der Waals surface area contributed by atoms with E-state index in [9.17, 15) is 9.59 Å². The number of rotatable bonds is 13. The maximum Gasteiger partial charge on any atom is 0.261 e. The molecular formula is C47H47N5O7S. The number of carbonyl (C=O) groups is 2. The standard InChI is InChI=1S/C47H47N5O7S/c1-47(2,60)14-9-15-57-34-18-30(26-58-43-22-37-35(20-41(43)55-3)45(53)51-32(24-48-37)16-28-10-5-7-12-39(28)51)50-31(19-34)27-59-44-23-38-36(21-42(44)56-4)46(54)52-33(25-49-38)17-29-11-6-8-13-40(29)52/h5-8,10-13,18-24,32-33,49,60H,9,14-17,25-27H2,1-4H3/t32-,33-/m0/s1. The number of ether oxygens (including phenoxy) is 5. The van der Waals surface area contributed by atoms with Gasteiger partial charge in [0.05, 0.1) is 66.8 Å². The highest BCUT2D eigenvalue weighted by Gasteiger charge is 2.38. The first-order valence-electron chi connectivity index (χ1n) is 20.2. The molecule has 60 heavy (non-hydrogen) atoms. The quantitative estimate of drug-likeness (QED) is 0.0890. The van der Waals surface area contributed by atoms with Crippen LogP contribution in [-0.4, -0.2) is 67.2 Å². The second-order valence-corrected chi connectivity index (χ2v) is 17.3. The molecule has 2 atom stereocenters. The fourth-order valence-corrected chi connectivity index (χ4v) is 8.61. The minimum Gasteiger partial charge on any atom is -0.493 e. The number of anilines is 3. The zero-order valence-electron chi connectivity index (χ0n) is 34.1. The number of pyridine rings is 1. The third kappa shape index (κ3) is 7.69. The topological polar surface area (TPSA) is 124 Å². The summed E-state index contributed by atoms with van der Waals surface area (Å²) in [6.07, 6.45) is 5.01. The van der Waals surface area contributed by atoms with E-state index in [1.807, 2.05) is 71.8 Å². The maximum atomic E-state index is 14.0. The molecule has 0 radical (unpaired) electrons. The molecule has 13 heteroatoms. The summed E-state index contributed by atoms with van der Waals surface area (Å²) in [7, 11) is 3.11. The molecule has 9 rings (SSSR count). The summed E-state index contributed by atoms with van der Waals surface area (Å²) in [5, 5.41) is 3.49. The van der Waals surface area contributed by atoms with Crippen molar-refractivity contribution in [3.05, 3.63) is 119 Å². The number of hydrogen-bond donors (Lipinski definition) is 2. The van der Waals surface area contributed by atoms with Crippen molar-refractivity contribution < 1.29 is 33.3 Å². The SMILES string of the molecule is COc1cc2c(cc1OCc1cc(OCCCC(C)(C)S)cc(COc3cc4c(cc3OC)C(=O)N3c5ccccc5C[C@H]3CN4)n1)N=C[C@@H]1Cc3ccccc3N1C2=O. The predicted molar refractivity (Wildman–Crippen MR) is 235 cm³/mol. The van der Waals surface area contributed by atoms with Crippen LogP contribution in [0.3, 0.4) is 0 Å². The molecule has 4 aliphatic heterocycles. The monoisotopic (exact) mass is 825 g/mol. The Balaban J connectivity index is 0.955. The Kier molecular flexibility index (Phi) is 10.5. The van der Waals surface area contributed by atoms with Gasteiger partial charge in [-0.25, -0.2) is 0 Å². The fourth-order valence-electron chi connectivity index (χ4n) is 8.45. The number of carbonyl (C=O) groups excluding carboxylic acids is 2. The van der Waals surface area contributed by atoms with Crippen molar-refractivity contribution >= 4 is 53.4 Å². The lowest BCUT2D eigenvalue weighted by atomic mass is 10.1. The van der Waals surface area contributed by atoms with Gasteiger partial charge in [-0.15, -0.1) is 0 Å². The molecule has 0 aliphatic carbocycles. The van der Waals surface area contributed by atoms with Crippen molar-refractivity contribution in [3.63, 3.8) is 0 Å². The van der Waals surface area contributed by atoms with Crippen molar-refractivity contribution in [3.8, 4) is 28.7 Å². The molecule has 0 bridgehead atoms. The first-order chi connectivity index (χ1) is 29.1. The molecule has 5 heterocycles. The summed E-state index contributed by atoms with van der Waals surface area (Å²) in [5.74, 6) is 2.12. The van der Waals surface area contributed by atoms with E-state index in [1.54, 1.807) is 37.3 Å². The molecule has 2 amide bonds. The van der Waals surface area contributed by atoms with Gasteiger partial charge in [0.15, 0.2) is 23.0 Å². The van der Waals surface area contributed by atoms with Crippen LogP contribution in [0.5, 0.6) is 28.7 Å². The number of para-hydroxylation sites is 2. The summed E-state index contributed by atoms with van der Waals surface area (Å²) in [5.41, 5.74) is 7.45. The molecule has 0 saturated heterocycles. The van der Waals surface area contributed by atoms with Crippen LogP contribution in [0.2, 0.25) is 0 Å². The largest absolute Gasteiger partial charge is 0.493 e.